The van der Waals surface area contributed by atoms with E-state index < -0.39 is 26.6 Å². The van der Waals surface area contributed by atoms with Crippen LogP contribution in [0.25, 0.3) is 0 Å². The van der Waals surface area contributed by atoms with Crippen LogP contribution in [-0.2, 0) is 19.6 Å². The smallest absolute Gasteiger partial charge is 0.325 e. The Kier molecular flexibility index (Phi) is 5.22. The Balaban J connectivity index is 3.18. The SMILES string of the molecule is CCOC(=O)CN(C)c1ccc(S(N)(=O)=O)cc1[N+](=O)[O-]. The number of carbonyl (C=O) groups excluding carboxylic acids is 1. The molecule has 0 saturated heterocycles. The molecule has 0 aliphatic carbocycles. The third-order valence-corrected chi connectivity index (χ3v) is 3.47. The van der Waals surface area contributed by atoms with Crippen LogP contribution in [0, 0.1) is 10.1 Å². The molecule has 9 nitrogen and oxygen atoms in total. The lowest BCUT2D eigenvalue weighted by molar-refractivity contribution is -0.384. The zero-order chi connectivity index (χ0) is 16.2. The Hall–Kier alpha value is -2.20. The number of anilines is 1. The number of hydrogen-bond acceptors (Lipinski definition) is 7. The Bertz CT molecular complexity index is 658. The lowest BCUT2D eigenvalue weighted by atomic mass is 10.2. The van der Waals surface area contributed by atoms with E-state index in [2.05, 4.69) is 0 Å². The maximum Gasteiger partial charge on any atom is 0.325 e. The fourth-order valence-corrected chi connectivity index (χ4v) is 2.17. The summed E-state index contributed by atoms with van der Waals surface area (Å²) < 4.78 is 27.2. The number of carbonyl (C=O) groups is 1. The molecule has 116 valence electrons. The van der Waals surface area contributed by atoms with Crippen LogP contribution in [0.3, 0.4) is 0 Å². The molecule has 2 N–H and O–H groups in total. The highest BCUT2D eigenvalue weighted by atomic mass is 32.2. The quantitative estimate of drug-likeness (QED) is 0.451. The standard InChI is InChI=1S/C11H15N3O6S/c1-3-20-11(15)7-13(2)9-5-4-8(21(12,18)19)6-10(9)14(16)17/h4-6H,3,7H2,1-2H3,(H2,12,18,19). The van der Waals surface area contributed by atoms with Crippen molar-refractivity contribution in [2.45, 2.75) is 11.8 Å². The second kappa shape index (κ2) is 6.50. The lowest BCUT2D eigenvalue weighted by Crippen LogP contribution is -2.27. The van der Waals surface area contributed by atoms with Gasteiger partial charge in [0.2, 0.25) is 10.0 Å². The molecule has 0 fully saturated rings. The monoisotopic (exact) mass is 317 g/mol. The van der Waals surface area contributed by atoms with Gasteiger partial charge in [-0.1, -0.05) is 0 Å². The van der Waals surface area contributed by atoms with Gasteiger partial charge in [-0.15, -0.1) is 0 Å². The van der Waals surface area contributed by atoms with E-state index in [0.717, 1.165) is 12.1 Å². The van der Waals surface area contributed by atoms with Crippen molar-refractivity contribution >= 4 is 27.4 Å². The first-order valence-electron chi connectivity index (χ1n) is 5.84. The number of benzene rings is 1. The zero-order valence-corrected chi connectivity index (χ0v) is 12.3. The van der Waals surface area contributed by atoms with Crippen LogP contribution in [0.15, 0.2) is 23.1 Å². The molecule has 0 bridgehead atoms. The van der Waals surface area contributed by atoms with Crippen LogP contribution in [-0.4, -0.2) is 39.5 Å². The van der Waals surface area contributed by atoms with E-state index in [0.29, 0.717) is 0 Å². The van der Waals surface area contributed by atoms with Gasteiger partial charge in [0.05, 0.1) is 16.4 Å². The lowest BCUT2D eigenvalue weighted by Gasteiger charge is -2.18. The third-order valence-electron chi connectivity index (χ3n) is 2.55. The number of rotatable bonds is 6. The predicted molar refractivity (Wildman–Crippen MR) is 74.4 cm³/mol. The van der Waals surface area contributed by atoms with Crippen LogP contribution in [0.4, 0.5) is 11.4 Å². The van der Waals surface area contributed by atoms with E-state index in [-0.39, 0.29) is 23.7 Å². The summed E-state index contributed by atoms with van der Waals surface area (Å²) in [7, 11) is -2.59. The van der Waals surface area contributed by atoms with E-state index >= 15 is 0 Å². The second-order valence-corrected chi connectivity index (χ2v) is 5.68. The molecular formula is C11H15N3O6S. The van der Waals surface area contributed by atoms with E-state index in [1.165, 1.54) is 18.0 Å². The van der Waals surface area contributed by atoms with Gasteiger partial charge >= 0.3 is 5.97 Å². The summed E-state index contributed by atoms with van der Waals surface area (Å²) in [6.45, 7) is 1.63. The molecule has 0 unspecified atom stereocenters. The summed E-state index contributed by atoms with van der Waals surface area (Å²) >= 11 is 0. The maximum absolute atomic E-state index is 11.4. The summed E-state index contributed by atoms with van der Waals surface area (Å²) in [5.41, 5.74) is -0.381. The zero-order valence-electron chi connectivity index (χ0n) is 11.5. The van der Waals surface area contributed by atoms with Gasteiger partial charge in [0.15, 0.2) is 0 Å². The summed E-state index contributed by atoms with van der Waals surface area (Å²) in [6.07, 6.45) is 0. The number of nitrogens with two attached hydrogens (primary N) is 1. The van der Waals surface area contributed by atoms with Crippen LogP contribution < -0.4 is 10.0 Å². The molecule has 0 atom stereocenters. The fraction of sp³-hybridized carbons (Fsp3) is 0.364. The molecule has 0 aliphatic rings. The first-order chi connectivity index (χ1) is 9.66. The van der Waals surface area contributed by atoms with Gasteiger partial charge in [-0.25, -0.2) is 13.6 Å². The van der Waals surface area contributed by atoms with Gasteiger partial charge < -0.3 is 9.64 Å². The molecule has 0 heterocycles. The van der Waals surface area contributed by atoms with Crippen molar-refractivity contribution in [1.29, 1.82) is 0 Å². The molecule has 1 rings (SSSR count). The number of primary sulfonamides is 1. The minimum Gasteiger partial charge on any atom is -0.465 e. The Labute approximate surface area is 121 Å². The van der Waals surface area contributed by atoms with Crippen molar-refractivity contribution in [2.24, 2.45) is 5.14 Å². The number of nitro groups is 1. The molecule has 0 aliphatic heterocycles. The average Bonchev–Trinajstić information content (AvgIpc) is 2.36. The van der Waals surface area contributed by atoms with E-state index in [1.54, 1.807) is 6.92 Å². The first kappa shape index (κ1) is 16.9. The number of ether oxygens (including phenoxy) is 1. The average molecular weight is 317 g/mol. The predicted octanol–water partition coefficient (Wildman–Crippen LogP) is 0.242. The Morgan fingerprint density at radius 2 is 2.10 bits per heavy atom. The molecule has 0 spiro atoms. The number of nitro benzene ring substituents is 1. The number of sulfonamides is 1. The maximum atomic E-state index is 11.4. The van der Waals surface area contributed by atoms with E-state index in [4.69, 9.17) is 9.88 Å². The molecular weight excluding hydrogens is 302 g/mol. The number of esters is 1. The largest absolute Gasteiger partial charge is 0.465 e. The van der Waals surface area contributed by atoms with Gasteiger partial charge in [0.1, 0.15) is 12.2 Å². The molecule has 0 amide bonds. The molecule has 0 saturated carbocycles. The molecule has 0 aromatic heterocycles. The third kappa shape index (κ3) is 4.39. The molecule has 21 heavy (non-hydrogen) atoms. The highest BCUT2D eigenvalue weighted by Gasteiger charge is 2.22. The van der Waals surface area contributed by atoms with Crippen LogP contribution in [0.1, 0.15) is 6.92 Å². The summed E-state index contributed by atoms with van der Waals surface area (Å²) in [6, 6.07) is 3.21. The van der Waals surface area contributed by atoms with Gasteiger partial charge in [-0.3, -0.25) is 14.9 Å². The van der Waals surface area contributed by atoms with Crippen LogP contribution in [0.2, 0.25) is 0 Å². The van der Waals surface area contributed by atoms with Crippen molar-refractivity contribution in [3.63, 3.8) is 0 Å². The van der Waals surface area contributed by atoms with E-state index in [9.17, 15) is 23.3 Å². The summed E-state index contributed by atoms with van der Waals surface area (Å²) in [5, 5.41) is 16.0. The summed E-state index contributed by atoms with van der Waals surface area (Å²) in [5.74, 6) is -0.551. The van der Waals surface area contributed by atoms with Gasteiger partial charge in [0, 0.05) is 13.1 Å². The van der Waals surface area contributed by atoms with Gasteiger partial charge in [0.25, 0.3) is 5.69 Å². The minimum atomic E-state index is -4.05. The first-order valence-corrected chi connectivity index (χ1v) is 7.39. The number of hydrogen-bond donors (Lipinski definition) is 1. The van der Waals surface area contributed by atoms with Crippen molar-refractivity contribution in [1.82, 2.24) is 0 Å². The highest BCUT2D eigenvalue weighted by Crippen LogP contribution is 2.29. The molecule has 0 radical (unpaired) electrons. The normalized spacial score (nSPS) is 11.0. The Morgan fingerprint density at radius 1 is 1.48 bits per heavy atom. The molecule has 10 heteroatoms. The second-order valence-electron chi connectivity index (χ2n) is 4.11. The topological polar surface area (TPSA) is 133 Å². The fourth-order valence-electron chi connectivity index (χ4n) is 1.63. The molecule has 1 aromatic rings. The highest BCUT2D eigenvalue weighted by molar-refractivity contribution is 7.89. The van der Waals surface area contributed by atoms with Crippen LogP contribution in [0.5, 0.6) is 0 Å². The molecule has 1 aromatic carbocycles. The summed E-state index contributed by atoms with van der Waals surface area (Å²) in [4.78, 5) is 22.6. The van der Waals surface area contributed by atoms with Gasteiger partial charge in [-0.2, -0.15) is 0 Å². The van der Waals surface area contributed by atoms with E-state index in [1.807, 2.05) is 0 Å². The van der Waals surface area contributed by atoms with Gasteiger partial charge in [-0.05, 0) is 19.1 Å². The number of likely N-dealkylation sites (N-methyl/N-ethyl adjacent to an activating group) is 1. The van der Waals surface area contributed by atoms with Crippen molar-refractivity contribution in [3.8, 4) is 0 Å². The van der Waals surface area contributed by atoms with Crippen LogP contribution >= 0.6 is 0 Å². The Morgan fingerprint density at radius 3 is 2.57 bits per heavy atom. The van der Waals surface area contributed by atoms with Crippen molar-refractivity contribution in [3.05, 3.63) is 28.3 Å². The van der Waals surface area contributed by atoms with Crippen molar-refractivity contribution in [2.75, 3.05) is 25.1 Å². The minimum absolute atomic E-state index is 0.0838. The van der Waals surface area contributed by atoms with Crippen molar-refractivity contribution < 1.29 is 22.9 Å². The number of nitrogens with zero attached hydrogens (tertiary/aromatic N) is 2.